The first-order valence-corrected chi connectivity index (χ1v) is 16.7. The van der Waals surface area contributed by atoms with Crippen LogP contribution in [0.25, 0.3) is 11.1 Å². The SMILES string of the molecule is CCCN1CC=C(c2cccc(S(C)(=O)=O)c2)CC1.CCCN1CC=C(c2cccc(S(C)=O)c2)CC1. The van der Waals surface area contributed by atoms with Crippen LogP contribution in [0.2, 0.25) is 0 Å². The molecule has 0 bridgehead atoms. The van der Waals surface area contributed by atoms with E-state index in [-0.39, 0.29) is 0 Å². The Morgan fingerprint density at radius 2 is 1.32 bits per heavy atom. The second-order valence-corrected chi connectivity index (χ2v) is 13.2. The van der Waals surface area contributed by atoms with Crippen LogP contribution in [0.4, 0.5) is 0 Å². The molecule has 0 aromatic heterocycles. The van der Waals surface area contributed by atoms with Crippen molar-refractivity contribution in [3.05, 3.63) is 71.8 Å². The largest absolute Gasteiger partial charge is 0.299 e. The zero-order chi connectivity index (χ0) is 26.8. The van der Waals surface area contributed by atoms with Crippen molar-refractivity contribution in [2.24, 2.45) is 0 Å². The van der Waals surface area contributed by atoms with Gasteiger partial charge in [-0.3, -0.25) is 14.0 Å². The molecule has 1 atom stereocenters. The lowest BCUT2D eigenvalue weighted by molar-refractivity contribution is 0.302. The molecule has 7 heteroatoms. The molecule has 2 heterocycles. The third-order valence-electron chi connectivity index (χ3n) is 6.84. The molecular weight excluding hydrogens is 500 g/mol. The van der Waals surface area contributed by atoms with Crippen LogP contribution in [0.15, 0.2) is 70.5 Å². The summed E-state index contributed by atoms with van der Waals surface area (Å²) < 4.78 is 34.7. The molecule has 202 valence electrons. The number of nitrogens with zero attached hydrogens (tertiary/aromatic N) is 2. The van der Waals surface area contributed by atoms with Gasteiger partial charge in [0.2, 0.25) is 0 Å². The van der Waals surface area contributed by atoms with E-state index in [0.717, 1.165) is 56.0 Å². The van der Waals surface area contributed by atoms with Crippen LogP contribution in [0.1, 0.15) is 50.7 Å². The highest BCUT2D eigenvalue weighted by Gasteiger charge is 2.15. The fourth-order valence-electron chi connectivity index (χ4n) is 4.79. The summed E-state index contributed by atoms with van der Waals surface area (Å²) in [6, 6.07) is 15.4. The van der Waals surface area contributed by atoms with Gasteiger partial charge in [0, 0.05) is 54.4 Å². The van der Waals surface area contributed by atoms with Gasteiger partial charge in [-0.15, -0.1) is 0 Å². The Labute approximate surface area is 226 Å². The third kappa shape index (κ3) is 9.02. The van der Waals surface area contributed by atoms with Crippen LogP contribution in [-0.4, -0.2) is 74.2 Å². The van der Waals surface area contributed by atoms with Gasteiger partial charge in [0.1, 0.15) is 0 Å². The van der Waals surface area contributed by atoms with Crippen LogP contribution in [-0.2, 0) is 20.6 Å². The Morgan fingerprint density at radius 1 is 0.811 bits per heavy atom. The van der Waals surface area contributed by atoms with E-state index in [0.29, 0.717) is 4.90 Å². The lowest BCUT2D eigenvalue weighted by Crippen LogP contribution is -2.29. The topological polar surface area (TPSA) is 57.7 Å². The zero-order valence-electron chi connectivity index (χ0n) is 22.8. The van der Waals surface area contributed by atoms with Crippen molar-refractivity contribution >= 4 is 31.8 Å². The van der Waals surface area contributed by atoms with Gasteiger partial charge in [-0.05, 0) is 85.3 Å². The first-order chi connectivity index (χ1) is 17.7. The summed E-state index contributed by atoms with van der Waals surface area (Å²) in [7, 11) is -4.01. The maximum Gasteiger partial charge on any atom is 0.175 e. The quantitative estimate of drug-likeness (QED) is 0.440. The Hall–Kier alpha value is -2.06. The van der Waals surface area contributed by atoms with E-state index in [4.69, 9.17) is 0 Å². The first kappa shape index (κ1) is 29.5. The Morgan fingerprint density at radius 3 is 1.76 bits per heavy atom. The van der Waals surface area contributed by atoms with Gasteiger partial charge >= 0.3 is 0 Å². The van der Waals surface area contributed by atoms with Crippen molar-refractivity contribution in [1.82, 2.24) is 9.80 Å². The van der Waals surface area contributed by atoms with Crippen LogP contribution in [0.5, 0.6) is 0 Å². The van der Waals surface area contributed by atoms with E-state index in [1.54, 1.807) is 18.4 Å². The second-order valence-electron chi connectivity index (χ2n) is 9.84. The number of sulfone groups is 1. The molecule has 37 heavy (non-hydrogen) atoms. The number of hydrogen-bond donors (Lipinski definition) is 0. The van der Waals surface area contributed by atoms with Crippen molar-refractivity contribution in [3.63, 3.8) is 0 Å². The molecule has 2 aliphatic rings. The minimum Gasteiger partial charge on any atom is -0.299 e. The summed E-state index contributed by atoms with van der Waals surface area (Å²) in [5.74, 6) is 0. The molecule has 4 rings (SSSR count). The van der Waals surface area contributed by atoms with Crippen molar-refractivity contribution in [2.75, 3.05) is 51.8 Å². The molecule has 2 aliphatic heterocycles. The van der Waals surface area contributed by atoms with Gasteiger partial charge in [-0.2, -0.15) is 0 Å². The minimum atomic E-state index is -3.12. The van der Waals surface area contributed by atoms with Crippen molar-refractivity contribution in [2.45, 2.75) is 49.3 Å². The van der Waals surface area contributed by atoms with E-state index in [9.17, 15) is 12.6 Å². The normalized spacial score (nSPS) is 17.8. The van der Waals surface area contributed by atoms with E-state index < -0.39 is 20.6 Å². The molecule has 0 radical (unpaired) electrons. The summed E-state index contributed by atoms with van der Waals surface area (Å²) in [6.45, 7) is 10.9. The van der Waals surface area contributed by atoms with Gasteiger partial charge in [0.25, 0.3) is 0 Å². The summed E-state index contributed by atoms with van der Waals surface area (Å²) in [4.78, 5) is 6.22. The molecule has 2 aromatic rings. The van der Waals surface area contributed by atoms with E-state index in [1.165, 1.54) is 42.4 Å². The molecule has 1 unspecified atom stereocenters. The van der Waals surface area contributed by atoms with E-state index in [2.05, 4.69) is 47.9 Å². The molecule has 5 nitrogen and oxygen atoms in total. The fourth-order valence-corrected chi connectivity index (χ4v) is 6.02. The highest BCUT2D eigenvalue weighted by atomic mass is 32.2. The number of benzene rings is 2. The molecule has 0 saturated carbocycles. The lowest BCUT2D eigenvalue weighted by Gasteiger charge is -2.26. The molecule has 0 N–H and O–H groups in total. The van der Waals surface area contributed by atoms with Gasteiger partial charge in [-0.25, -0.2) is 8.42 Å². The molecule has 0 saturated heterocycles. The number of rotatable bonds is 8. The van der Waals surface area contributed by atoms with Crippen molar-refractivity contribution in [1.29, 1.82) is 0 Å². The third-order valence-corrected chi connectivity index (χ3v) is 8.86. The van der Waals surface area contributed by atoms with Crippen LogP contribution >= 0.6 is 0 Å². The minimum absolute atomic E-state index is 0.405. The Kier molecular flexibility index (Phi) is 11.3. The highest BCUT2D eigenvalue weighted by Crippen LogP contribution is 2.25. The zero-order valence-corrected chi connectivity index (χ0v) is 24.4. The molecule has 0 spiro atoms. The summed E-state index contributed by atoms with van der Waals surface area (Å²) in [5, 5.41) is 0. The fraction of sp³-hybridized carbons (Fsp3) is 0.467. The number of hydrogen-bond acceptors (Lipinski definition) is 5. The standard InChI is InChI=1S/C15H21NO2S.C15H21NOS/c1-3-9-16-10-7-13(8-11-16)14-5-4-6-15(12-14)19(2,17)18;1-3-9-16-10-7-13(8-11-16)14-5-4-6-15(12-14)18(2)17/h4-7,12H,3,8-11H2,1-2H3;4-7,12H,3,8-11H2,1-2H3. The molecule has 0 fully saturated rings. The first-order valence-electron chi connectivity index (χ1n) is 13.3. The smallest absolute Gasteiger partial charge is 0.175 e. The van der Waals surface area contributed by atoms with E-state index in [1.807, 2.05) is 24.3 Å². The van der Waals surface area contributed by atoms with Gasteiger partial charge in [-0.1, -0.05) is 50.3 Å². The molecular formula is C30H42N2O3S2. The average Bonchev–Trinajstić information content (AvgIpc) is 2.90. The second kappa shape index (κ2) is 14.2. The van der Waals surface area contributed by atoms with Crippen molar-refractivity contribution in [3.8, 4) is 0 Å². The molecule has 2 aromatic carbocycles. The predicted octanol–water partition coefficient (Wildman–Crippen LogP) is 5.51. The maximum absolute atomic E-state index is 11.6. The average molecular weight is 543 g/mol. The van der Waals surface area contributed by atoms with Crippen molar-refractivity contribution < 1.29 is 12.6 Å². The van der Waals surface area contributed by atoms with Crippen LogP contribution in [0.3, 0.4) is 0 Å². The Bertz CT molecular complexity index is 1230. The summed E-state index contributed by atoms with van der Waals surface area (Å²) >= 11 is 0. The molecule has 0 amide bonds. The summed E-state index contributed by atoms with van der Waals surface area (Å²) in [5.41, 5.74) is 4.94. The van der Waals surface area contributed by atoms with Gasteiger partial charge in [0.15, 0.2) is 9.84 Å². The summed E-state index contributed by atoms with van der Waals surface area (Å²) in [6.07, 6.45) is 12.0. The predicted molar refractivity (Wildman–Crippen MR) is 157 cm³/mol. The van der Waals surface area contributed by atoms with E-state index >= 15 is 0 Å². The molecule has 0 aliphatic carbocycles. The van der Waals surface area contributed by atoms with Gasteiger partial charge in [0.05, 0.1) is 4.90 Å². The van der Waals surface area contributed by atoms with Gasteiger partial charge < -0.3 is 0 Å². The highest BCUT2D eigenvalue weighted by molar-refractivity contribution is 7.90. The lowest BCUT2D eigenvalue weighted by atomic mass is 9.99. The van der Waals surface area contributed by atoms with Crippen LogP contribution < -0.4 is 0 Å². The van der Waals surface area contributed by atoms with Crippen LogP contribution in [0, 0.1) is 0 Å². The Balaban J connectivity index is 0.000000206. The monoisotopic (exact) mass is 542 g/mol. The maximum atomic E-state index is 11.6.